The van der Waals surface area contributed by atoms with E-state index >= 15 is 0 Å². The van der Waals surface area contributed by atoms with Crippen molar-refractivity contribution in [3.05, 3.63) is 59.9 Å². The molecule has 1 amide bonds. The number of morpholine rings is 1. The molecule has 144 valence electrons. The molecule has 0 aromatic heterocycles. The van der Waals surface area contributed by atoms with Gasteiger partial charge in [0.2, 0.25) is 0 Å². The van der Waals surface area contributed by atoms with Gasteiger partial charge in [0, 0.05) is 32.4 Å². The van der Waals surface area contributed by atoms with E-state index in [0.717, 1.165) is 24.3 Å². The molecule has 1 fully saturated rings. The van der Waals surface area contributed by atoms with Gasteiger partial charge in [-0.1, -0.05) is 18.2 Å². The highest BCUT2D eigenvalue weighted by Gasteiger charge is 2.21. The summed E-state index contributed by atoms with van der Waals surface area (Å²) >= 11 is 0. The largest absolute Gasteiger partial charge is 0.481 e. The molecule has 0 aliphatic carbocycles. The number of amides is 1. The molecule has 1 aliphatic heterocycles. The molecule has 3 rings (SSSR count). The number of hydrogen-bond donors (Lipinski definition) is 0. The summed E-state index contributed by atoms with van der Waals surface area (Å²) in [7, 11) is 1.77. The zero-order chi connectivity index (χ0) is 19.2. The van der Waals surface area contributed by atoms with Crippen molar-refractivity contribution < 1.29 is 18.7 Å². The smallest absolute Gasteiger partial charge is 0.263 e. The summed E-state index contributed by atoms with van der Waals surface area (Å²) in [5.41, 5.74) is 2.22. The van der Waals surface area contributed by atoms with E-state index in [1.807, 2.05) is 18.2 Å². The number of para-hydroxylation sites is 1. The minimum Gasteiger partial charge on any atom is -0.481 e. The van der Waals surface area contributed by atoms with Crippen LogP contribution in [-0.4, -0.2) is 50.3 Å². The average molecular weight is 372 g/mol. The predicted molar refractivity (Wildman–Crippen MR) is 102 cm³/mol. The van der Waals surface area contributed by atoms with Gasteiger partial charge in [0.15, 0.2) is 6.10 Å². The first-order valence-corrected chi connectivity index (χ1v) is 9.12. The topological polar surface area (TPSA) is 42.0 Å². The summed E-state index contributed by atoms with van der Waals surface area (Å²) in [4.78, 5) is 16.6. The van der Waals surface area contributed by atoms with Gasteiger partial charge >= 0.3 is 0 Å². The third-order valence-corrected chi connectivity index (χ3v) is 4.60. The Morgan fingerprint density at radius 1 is 1.19 bits per heavy atom. The Labute approximate surface area is 159 Å². The molecular formula is C21H25FN2O3. The molecule has 1 heterocycles. The Hall–Kier alpha value is -2.60. The molecule has 6 heteroatoms. The summed E-state index contributed by atoms with van der Waals surface area (Å²) in [6.07, 6.45) is -0.656. The summed E-state index contributed by atoms with van der Waals surface area (Å²) in [5.74, 6) is 0.00800. The van der Waals surface area contributed by atoms with E-state index in [0.29, 0.717) is 25.5 Å². The third kappa shape index (κ3) is 4.98. The maximum Gasteiger partial charge on any atom is 0.263 e. The highest BCUT2D eigenvalue weighted by atomic mass is 19.1. The van der Waals surface area contributed by atoms with Crippen molar-refractivity contribution in [1.29, 1.82) is 0 Å². The Morgan fingerprint density at radius 3 is 2.56 bits per heavy atom. The normalized spacial score (nSPS) is 15.3. The Kier molecular flexibility index (Phi) is 6.29. The van der Waals surface area contributed by atoms with Gasteiger partial charge in [-0.2, -0.15) is 0 Å². The van der Waals surface area contributed by atoms with Crippen LogP contribution in [0.25, 0.3) is 0 Å². The van der Waals surface area contributed by atoms with Crippen LogP contribution in [0.3, 0.4) is 0 Å². The first-order valence-electron chi connectivity index (χ1n) is 9.12. The molecule has 0 N–H and O–H groups in total. The number of ether oxygens (including phenoxy) is 2. The molecule has 1 aliphatic rings. The number of anilines is 1. The first-order chi connectivity index (χ1) is 13.0. The quantitative estimate of drug-likeness (QED) is 0.782. The second kappa shape index (κ2) is 8.86. The lowest BCUT2D eigenvalue weighted by Gasteiger charge is -2.31. The van der Waals surface area contributed by atoms with E-state index < -0.39 is 6.10 Å². The minimum absolute atomic E-state index is 0.129. The third-order valence-electron chi connectivity index (χ3n) is 4.60. The minimum atomic E-state index is -0.656. The van der Waals surface area contributed by atoms with Crippen LogP contribution in [0.4, 0.5) is 10.1 Å². The molecule has 1 atom stereocenters. The van der Waals surface area contributed by atoms with Crippen molar-refractivity contribution >= 4 is 11.6 Å². The maximum atomic E-state index is 13.0. The van der Waals surface area contributed by atoms with Gasteiger partial charge in [-0.25, -0.2) is 4.39 Å². The molecule has 0 saturated carbocycles. The van der Waals surface area contributed by atoms with Crippen LogP contribution in [0.2, 0.25) is 0 Å². The molecule has 2 aromatic carbocycles. The number of halogens is 1. The van der Waals surface area contributed by atoms with Gasteiger partial charge < -0.3 is 19.3 Å². The van der Waals surface area contributed by atoms with Crippen LogP contribution in [0.15, 0.2) is 48.5 Å². The lowest BCUT2D eigenvalue weighted by Crippen LogP contribution is -2.39. The van der Waals surface area contributed by atoms with Gasteiger partial charge in [-0.05, 0) is 42.8 Å². The van der Waals surface area contributed by atoms with E-state index in [1.54, 1.807) is 18.9 Å². The van der Waals surface area contributed by atoms with Gasteiger partial charge in [0.05, 0.1) is 13.2 Å². The highest BCUT2D eigenvalue weighted by molar-refractivity contribution is 5.80. The van der Waals surface area contributed by atoms with Crippen LogP contribution in [0, 0.1) is 5.82 Å². The zero-order valence-corrected chi connectivity index (χ0v) is 15.7. The molecule has 1 unspecified atom stereocenters. The van der Waals surface area contributed by atoms with Crippen molar-refractivity contribution in [2.45, 2.75) is 19.6 Å². The first kappa shape index (κ1) is 19.2. The van der Waals surface area contributed by atoms with Gasteiger partial charge in [0.25, 0.3) is 5.91 Å². The standard InChI is InChI=1S/C21H25FN2O3/c1-16(27-19-9-7-18(22)8-10-19)21(25)23(2)15-17-5-3-4-6-20(17)24-11-13-26-14-12-24/h3-10,16H,11-15H2,1-2H3. The highest BCUT2D eigenvalue weighted by Crippen LogP contribution is 2.23. The zero-order valence-electron chi connectivity index (χ0n) is 15.7. The van der Waals surface area contributed by atoms with Gasteiger partial charge in [-0.3, -0.25) is 4.79 Å². The van der Waals surface area contributed by atoms with Crippen molar-refractivity contribution in [3.8, 4) is 5.75 Å². The fraction of sp³-hybridized carbons (Fsp3) is 0.381. The van der Waals surface area contributed by atoms with E-state index in [9.17, 15) is 9.18 Å². The van der Waals surface area contributed by atoms with E-state index in [-0.39, 0.29) is 11.7 Å². The van der Waals surface area contributed by atoms with Crippen LogP contribution in [-0.2, 0) is 16.1 Å². The molecule has 0 spiro atoms. The van der Waals surface area contributed by atoms with Crippen LogP contribution in [0.1, 0.15) is 12.5 Å². The number of rotatable bonds is 6. The molecule has 0 bridgehead atoms. The second-order valence-electron chi connectivity index (χ2n) is 6.64. The predicted octanol–water partition coefficient (Wildman–Crippen LogP) is 3.09. The molecule has 1 saturated heterocycles. The van der Waals surface area contributed by atoms with E-state index in [4.69, 9.17) is 9.47 Å². The van der Waals surface area contributed by atoms with Crippen LogP contribution >= 0.6 is 0 Å². The lowest BCUT2D eigenvalue weighted by atomic mass is 10.1. The summed E-state index contributed by atoms with van der Waals surface area (Å²) in [6, 6.07) is 13.8. The SMILES string of the molecule is CC(Oc1ccc(F)cc1)C(=O)N(C)Cc1ccccc1N1CCOCC1. The van der Waals surface area contributed by atoms with E-state index in [1.165, 1.54) is 24.3 Å². The number of carbonyl (C=O) groups is 1. The lowest BCUT2D eigenvalue weighted by molar-refractivity contribution is -0.137. The van der Waals surface area contributed by atoms with E-state index in [2.05, 4.69) is 11.0 Å². The average Bonchev–Trinajstić information content (AvgIpc) is 2.70. The molecule has 27 heavy (non-hydrogen) atoms. The number of benzene rings is 2. The number of likely N-dealkylation sites (N-methyl/N-ethyl adjacent to an activating group) is 1. The fourth-order valence-corrected chi connectivity index (χ4v) is 3.17. The van der Waals surface area contributed by atoms with Crippen LogP contribution < -0.4 is 9.64 Å². The molecule has 5 nitrogen and oxygen atoms in total. The van der Waals surface area contributed by atoms with Crippen molar-refractivity contribution in [3.63, 3.8) is 0 Å². The summed E-state index contributed by atoms with van der Waals surface area (Å²) in [6.45, 7) is 5.31. The van der Waals surface area contributed by atoms with Gasteiger partial charge in [0.1, 0.15) is 11.6 Å². The van der Waals surface area contributed by atoms with Crippen molar-refractivity contribution in [1.82, 2.24) is 4.90 Å². The van der Waals surface area contributed by atoms with Crippen molar-refractivity contribution in [2.75, 3.05) is 38.3 Å². The number of carbonyl (C=O) groups excluding carboxylic acids is 1. The van der Waals surface area contributed by atoms with Crippen molar-refractivity contribution in [2.24, 2.45) is 0 Å². The summed E-state index contributed by atoms with van der Waals surface area (Å²) in [5, 5.41) is 0. The van der Waals surface area contributed by atoms with Crippen LogP contribution in [0.5, 0.6) is 5.75 Å². The summed E-state index contributed by atoms with van der Waals surface area (Å²) < 4.78 is 24.1. The monoisotopic (exact) mass is 372 g/mol. The number of hydrogen-bond acceptors (Lipinski definition) is 4. The maximum absolute atomic E-state index is 13.0. The molecule has 0 radical (unpaired) electrons. The van der Waals surface area contributed by atoms with Gasteiger partial charge in [-0.15, -0.1) is 0 Å². The molecule has 2 aromatic rings. The molecular weight excluding hydrogens is 347 g/mol. The fourth-order valence-electron chi connectivity index (χ4n) is 3.17. The second-order valence-corrected chi connectivity index (χ2v) is 6.64. The Bertz CT molecular complexity index is 760. The Balaban J connectivity index is 1.64. The number of nitrogens with zero attached hydrogens (tertiary/aromatic N) is 2. The Morgan fingerprint density at radius 2 is 1.85 bits per heavy atom.